The fourth-order valence-electron chi connectivity index (χ4n) is 1.48. The molecule has 1 aromatic rings. The summed E-state index contributed by atoms with van der Waals surface area (Å²) >= 11 is 0. The van der Waals surface area contributed by atoms with Gasteiger partial charge in [0.1, 0.15) is 0 Å². The van der Waals surface area contributed by atoms with Gasteiger partial charge in [0.25, 0.3) is 0 Å². The first-order chi connectivity index (χ1) is 6.27. The molecule has 2 rings (SSSR count). The highest BCUT2D eigenvalue weighted by atomic mass is 16.1. The van der Waals surface area contributed by atoms with E-state index in [1.807, 2.05) is 4.68 Å². The maximum absolute atomic E-state index is 10.8. The number of fused-ring (bicyclic) bond motifs is 1. The molecule has 0 spiro atoms. The van der Waals surface area contributed by atoms with Crippen molar-refractivity contribution in [2.24, 2.45) is 0 Å². The molecule has 70 valence electrons. The Morgan fingerprint density at radius 1 is 1.77 bits per heavy atom. The number of anilines is 1. The first-order valence-corrected chi connectivity index (χ1v) is 4.30. The number of carbonyl (C=O) groups is 1. The fourth-order valence-corrected chi connectivity index (χ4v) is 1.48. The molecule has 5 nitrogen and oxygen atoms in total. The zero-order chi connectivity index (χ0) is 9.26. The minimum Gasteiger partial charge on any atom is -0.323 e. The summed E-state index contributed by atoms with van der Waals surface area (Å²) in [5, 5.41) is 10.2. The van der Waals surface area contributed by atoms with Gasteiger partial charge in [-0.05, 0) is 0 Å². The summed E-state index contributed by atoms with van der Waals surface area (Å²) in [6, 6.07) is 0. The molecule has 13 heavy (non-hydrogen) atoms. The van der Waals surface area contributed by atoms with Crippen molar-refractivity contribution in [2.45, 2.75) is 20.0 Å². The van der Waals surface area contributed by atoms with Crippen molar-refractivity contribution in [3.05, 3.63) is 11.9 Å². The van der Waals surface area contributed by atoms with Gasteiger partial charge in [-0.2, -0.15) is 5.10 Å². The van der Waals surface area contributed by atoms with Crippen molar-refractivity contribution in [1.82, 2.24) is 15.1 Å². The second-order valence-corrected chi connectivity index (χ2v) is 3.09. The lowest BCUT2D eigenvalue weighted by Gasteiger charge is -2.15. The minimum absolute atomic E-state index is 0.0543. The van der Waals surface area contributed by atoms with Crippen LogP contribution in [0.2, 0.25) is 0 Å². The third kappa shape index (κ3) is 1.55. The van der Waals surface area contributed by atoms with E-state index in [4.69, 9.17) is 0 Å². The SMILES string of the molecule is CC(=O)Nc1cnn2c1CNCC2. The van der Waals surface area contributed by atoms with Crippen molar-refractivity contribution in [3.8, 4) is 0 Å². The molecule has 0 atom stereocenters. The Morgan fingerprint density at radius 3 is 3.38 bits per heavy atom. The number of hydrogen-bond acceptors (Lipinski definition) is 3. The monoisotopic (exact) mass is 180 g/mol. The molecule has 0 fully saturated rings. The number of nitrogens with zero attached hydrogens (tertiary/aromatic N) is 2. The van der Waals surface area contributed by atoms with Crippen molar-refractivity contribution in [1.29, 1.82) is 0 Å². The largest absolute Gasteiger partial charge is 0.323 e. The molecular weight excluding hydrogens is 168 g/mol. The average molecular weight is 180 g/mol. The van der Waals surface area contributed by atoms with E-state index in [-0.39, 0.29) is 5.91 Å². The van der Waals surface area contributed by atoms with Crippen LogP contribution in [0.1, 0.15) is 12.6 Å². The number of nitrogens with one attached hydrogen (secondary N) is 2. The molecule has 0 aromatic carbocycles. The molecule has 0 radical (unpaired) electrons. The lowest BCUT2D eigenvalue weighted by Crippen LogP contribution is -2.29. The highest BCUT2D eigenvalue weighted by molar-refractivity contribution is 5.89. The van der Waals surface area contributed by atoms with Gasteiger partial charge in [-0.25, -0.2) is 0 Å². The molecule has 0 unspecified atom stereocenters. The molecule has 0 saturated heterocycles. The molecule has 5 heteroatoms. The third-order valence-electron chi connectivity index (χ3n) is 2.05. The second kappa shape index (κ2) is 3.18. The number of rotatable bonds is 1. The van der Waals surface area contributed by atoms with Gasteiger partial charge in [0.05, 0.1) is 24.1 Å². The number of carbonyl (C=O) groups excluding carboxylic acids is 1. The van der Waals surface area contributed by atoms with Crippen LogP contribution in [-0.4, -0.2) is 22.2 Å². The Labute approximate surface area is 76.1 Å². The maximum atomic E-state index is 10.8. The summed E-state index contributed by atoms with van der Waals surface area (Å²) in [5.74, 6) is -0.0543. The second-order valence-electron chi connectivity index (χ2n) is 3.09. The summed E-state index contributed by atoms with van der Waals surface area (Å²) in [6.45, 7) is 4.08. The van der Waals surface area contributed by atoms with Crippen LogP contribution < -0.4 is 10.6 Å². The van der Waals surface area contributed by atoms with E-state index in [0.717, 1.165) is 31.0 Å². The number of hydrogen-bond donors (Lipinski definition) is 2. The van der Waals surface area contributed by atoms with Crippen LogP contribution >= 0.6 is 0 Å². The Kier molecular flexibility index (Phi) is 2.02. The Balaban J connectivity index is 2.26. The maximum Gasteiger partial charge on any atom is 0.221 e. The summed E-state index contributed by atoms with van der Waals surface area (Å²) < 4.78 is 1.92. The van der Waals surface area contributed by atoms with Crippen LogP contribution in [0, 0.1) is 0 Å². The Bertz CT molecular complexity index is 331. The molecule has 1 aliphatic rings. The van der Waals surface area contributed by atoms with Crippen LogP contribution in [-0.2, 0) is 17.9 Å². The van der Waals surface area contributed by atoms with Crippen LogP contribution in [0.3, 0.4) is 0 Å². The predicted octanol–water partition coefficient (Wildman–Crippen LogP) is -0.0553. The van der Waals surface area contributed by atoms with Gasteiger partial charge in [-0.15, -0.1) is 0 Å². The summed E-state index contributed by atoms with van der Waals surface area (Å²) in [6.07, 6.45) is 1.70. The molecule has 2 heterocycles. The van der Waals surface area contributed by atoms with Gasteiger partial charge in [-0.1, -0.05) is 0 Å². The summed E-state index contributed by atoms with van der Waals surface area (Å²) in [7, 11) is 0. The van der Waals surface area contributed by atoms with Crippen LogP contribution in [0.5, 0.6) is 0 Å². The van der Waals surface area contributed by atoms with E-state index in [1.54, 1.807) is 6.20 Å². The first-order valence-electron chi connectivity index (χ1n) is 4.30. The van der Waals surface area contributed by atoms with Crippen molar-refractivity contribution >= 4 is 11.6 Å². The standard InChI is InChI=1S/C8H12N4O/c1-6(13)11-7-4-10-12-3-2-9-5-8(7)12/h4,9H,2-3,5H2,1H3,(H,11,13). The van der Waals surface area contributed by atoms with E-state index >= 15 is 0 Å². The number of aromatic nitrogens is 2. The molecule has 1 aliphatic heterocycles. The highest BCUT2D eigenvalue weighted by Crippen LogP contribution is 2.16. The van der Waals surface area contributed by atoms with Gasteiger partial charge >= 0.3 is 0 Å². The average Bonchev–Trinajstić information content (AvgIpc) is 2.48. The molecular formula is C8H12N4O. The predicted molar refractivity (Wildman–Crippen MR) is 48.2 cm³/mol. The lowest BCUT2D eigenvalue weighted by molar-refractivity contribution is -0.114. The molecule has 1 amide bonds. The fraction of sp³-hybridized carbons (Fsp3) is 0.500. The van der Waals surface area contributed by atoms with E-state index in [1.165, 1.54) is 6.92 Å². The lowest BCUT2D eigenvalue weighted by atomic mass is 10.3. The van der Waals surface area contributed by atoms with Crippen LogP contribution in [0.15, 0.2) is 6.20 Å². The third-order valence-corrected chi connectivity index (χ3v) is 2.05. The van der Waals surface area contributed by atoms with E-state index < -0.39 is 0 Å². The van der Waals surface area contributed by atoms with Crippen LogP contribution in [0.25, 0.3) is 0 Å². The molecule has 2 N–H and O–H groups in total. The number of amides is 1. The quantitative estimate of drug-likeness (QED) is 0.636. The van der Waals surface area contributed by atoms with E-state index in [0.29, 0.717) is 0 Å². The highest BCUT2D eigenvalue weighted by Gasteiger charge is 2.14. The molecule has 0 saturated carbocycles. The Hall–Kier alpha value is -1.36. The topological polar surface area (TPSA) is 59.0 Å². The Morgan fingerprint density at radius 2 is 2.62 bits per heavy atom. The van der Waals surface area contributed by atoms with Crippen LogP contribution in [0.4, 0.5) is 5.69 Å². The zero-order valence-electron chi connectivity index (χ0n) is 7.50. The molecule has 1 aromatic heterocycles. The summed E-state index contributed by atoms with van der Waals surface area (Å²) in [5.41, 5.74) is 1.88. The van der Waals surface area contributed by atoms with Crippen molar-refractivity contribution in [3.63, 3.8) is 0 Å². The van der Waals surface area contributed by atoms with E-state index in [9.17, 15) is 4.79 Å². The van der Waals surface area contributed by atoms with Crippen molar-refractivity contribution < 1.29 is 4.79 Å². The van der Waals surface area contributed by atoms with E-state index in [2.05, 4.69) is 15.7 Å². The minimum atomic E-state index is -0.0543. The van der Waals surface area contributed by atoms with Gasteiger partial charge in [0, 0.05) is 20.0 Å². The van der Waals surface area contributed by atoms with Gasteiger partial charge in [0.15, 0.2) is 0 Å². The van der Waals surface area contributed by atoms with Gasteiger partial charge < -0.3 is 10.6 Å². The summed E-state index contributed by atoms with van der Waals surface area (Å²) in [4.78, 5) is 10.8. The van der Waals surface area contributed by atoms with Crippen molar-refractivity contribution in [2.75, 3.05) is 11.9 Å². The first kappa shape index (κ1) is 8.25. The van der Waals surface area contributed by atoms with Gasteiger partial charge in [0.2, 0.25) is 5.91 Å². The smallest absolute Gasteiger partial charge is 0.221 e. The van der Waals surface area contributed by atoms with Gasteiger partial charge in [-0.3, -0.25) is 9.48 Å². The zero-order valence-corrected chi connectivity index (χ0v) is 7.50. The molecule has 0 bridgehead atoms. The normalized spacial score (nSPS) is 15.2. The molecule has 0 aliphatic carbocycles.